The van der Waals surface area contributed by atoms with Crippen LogP contribution in [0.25, 0.3) is 0 Å². The van der Waals surface area contributed by atoms with Crippen LogP contribution in [0.3, 0.4) is 0 Å². The van der Waals surface area contributed by atoms with E-state index >= 15 is 0 Å². The van der Waals surface area contributed by atoms with Crippen LogP contribution in [0.1, 0.15) is 10.4 Å². The number of rotatable bonds is 13. The smallest absolute Gasteiger partial charge is 0.338 e. The van der Waals surface area contributed by atoms with Crippen LogP contribution >= 0.6 is 0 Å². The van der Waals surface area contributed by atoms with Crippen LogP contribution in [0.4, 0.5) is 0 Å². The fourth-order valence-electron chi connectivity index (χ4n) is 3.21. The van der Waals surface area contributed by atoms with Crippen molar-refractivity contribution in [3.05, 3.63) is 72.3 Å². The second-order valence-electron chi connectivity index (χ2n) is 8.17. The molecule has 0 saturated heterocycles. The molecular weight excluding hydrogens is 520 g/mol. The highest BCUT2D eigenvalue weighted by atomic mass is 32.2. The molecular formula is C26H28O11S. The first-order valence-corrected chi connectivity index (χ1v) is 12.8. The molecule has 0 saturated carbocycles. The lowest BCUT2D eigenvalue weighted by Crippen LogP contribution is -2.25. The van der Waals surface area contributed by atoms with Crippen LogP contribution in [0.5, 0.6) is 23.0 Å². The summed E-state index contributed by atoms with van der Waals surface area (Å²) in [5.74, 6) is -0.801. The normalized spacial score (nSPS) is 12.9. The predicted molar refractivity (Wildman–Crippen MR) is 133 cm³/mol. The maximum Gasteiger partial charge on any atom is 0.338 e. The molecule has 3 rings (SSSR count). The third-order valence-electron chi connectivity index (χ3n) is 5.06. The van der Waals surface area contributed by atoms with Gasteiger partial charge in [0.25, 0.3) is 0 Å². The van der Waals surface area contributed by atoms with Crippen molar-refractivity contribution in [2.45, 2.75) is 22.0 Å². The Morgan fingerprint density at radius 3 is 1.63 bits per heavy atom. The Kier molecular flexibility index (Phi) is 9.91. The Morgan fingerprint density at radius 2 is 1.18 bits per heavy atom. The standard InChI is InChI=1S/C26H28O11S/c1-34-13-20(29)14-35-22-2-6-24(7-3-22)38(32,33)25-8-4-23(5-9-25)36-15-21(30)16-37-26(31)17-10-18(27)12-19(28)11-17/h2-12,20-21,27-30H,13-16H2,1H3. The molecule has 12 heteroatoms. The Morgan fingerprint density at radius 1 is 0.737 bits per heavy atom. The molecule has 0 aliphatic rings. The number of sulfone groups is 1. The highest BCUT2D eigenvalue weighted by molar-refractivity contribution is 7.91. The molecule has 3 aromatic carbocycles. The fraction of sp³-hybridized carbons (Fsp3) is 0.269. The summed E-state index contributed by atoms with van der Waals surface area (Å²) in [5.41, 5.74) is -0.0875. The van der Waals surface area contributed by atoms with Crippen LogP contribution in [0, 0.1) is 0 Å². The van der Waals surface area contributed by atoms with Crippen LogP contribution < -0.4 is 9.47 Å². The highest BCUT2D eigenvalue weighted by Gasteiger charge is 2.18. The molecule has 0 aliphatic carbocycles. The summed E-state index contributed by atoms with van der Waals surface area (Å²) in [5, 5.41) is 38.5. The maximum absolute atomic E-state index is 12.9. The van der Waals surface area contributed by atoms with Crippen molar-refractivity contribution in [3.8, 4) is 23.0 Å². The third-order valence-corrected chi connectivity index (χ3v) is 6.84. The van der Waals surface area contributed by atoms with Gasteiger partial charge in [-0.05, 0) is 60.7 Å². The molecule has 0 bridgehead atoms. The number of hydrogen-bond acceptors (Lipinski definition) is 11. The highest BCUT2D eigenvalue weighted by Crippen LogP contribution is 2.25. The van der Waals surface area contributed by atoms with Gasteiger partial charge in [-0.15, -0.1) is 0 Å². The van der Waals surface area contributed by atoms with Gasteiger partial charge in [0.05, 0.1) is 22.0 Å². The number of aliphatic hydroxyl groups excluding tert-OH is 2. The molecule has 4 N–H and O–H groups in total. The molecule has 0 fully saturated rings. The van der Waals surface area contributed by atoms with Gasteiger partial charge in [-0.25, -0.2) is 13.2 Å². The lowest BCUT2D eigenvalue weighted by Gasteiger charge is -2.14. The zero-order chi connectivity index (χ0) is 27.7. The Labute approximate surface area is 219 Å². The molecule has 2 atom stereocenters. The molecule has 0 aliphatic heterocycles. The number of phenolic OH excluding ortho intramolecular Hbond substituents is 2. The minimum Gasteiger partial charge on any atom is -0.508 e. The van der Waals surface area contributed by atoms with Gasteiger partial charge in [0.15, 0.2) is 0 Å². The van der Waals surface area contributed by atoms with E-state index < -0.39 is 34.6 Å². The first kappa shape index (κ1) is 28.7. The monoisotopic (exact) mass is 548 g/mol. The Bertz CT molecular complexity index is 1290. The topological polar surface area (TPSA) is 169 Å². The van der Waals surface area contributed by atoms with Gasteiger partial charge in [0.2, 0.25) is 9.84 Å². The van der Waals surface area contributed by atoms with Gasteiger partial charge < -0.3 is 39.4 Å². The van der Waals surface area contributed by atoms with Crippen molar-refractivity contribution in [2.75, 3.05) is 33.5 Å². The van der Waals surface area contributed by atoms with Gasteiger partial charge in [-0.1, -0.05) is 0 Å². The molecule has 0 aromatic heterocycles. The van der Waals surface area contributed by atoms with Crippen molar-refractivity contribution in [2.24, 2.45) is 0 Å². The van der Waals surface area contributed by atoms with E-state index in [2.05, 4.69) is 0 Å². The van der Waals surface area contributed by atoms with E-state index in [1.54, 1.807) is 0 Å². The summed E-state index contributed by atoms with van der Waals surface area (Å²) < 4.78 is 46.5. The molecule has 11 nitrogen and oxygen atoms in total. The number of aliphatic hydroxyl groups is 2. The number of methoxy groups -OCH3 is 1. The van der Waals surface area contributed by atoms with E-state index in [1.165, 1.54) is 55.6 Å². The van der Waals surface area contributed by atoms with Crippen LogP contribution in [0.15, 0.2) is 76.5 Å². The van der Waals surface area contributed by atoms with Crippen LogP contribution in [-0.2, 0) is 19.3 Å². The molecule has 0 spiro atoms. The molecule has 204 valence electrons. The van der Waals surface area contributed by atoms with Crippen LogP contribution in [0.2, 0.25) is 0 Å². The number of benzene rings is 3. The minimum absolute atomic E-state index is 0.000658. The van der Waals surface area contributed by atoms with Crippen molar-refractivity contribution in [1.29, 1.82) is 0 Å². The number of phenols is 2. The molecule has 2 unspecified atom stereocenters. The van der Waals surface area contributed by atoms with Crippen LogP contribution in [-0.4, -0.2) is 80.6 Å². The summed E-state index contributed by atoms with van der Waals surface area (Å²) in [6.45, 7) is -0.538. The van der Waals surface area contributed by atoms with Gasteiger partial charge in [-0.3, -0.25) is 0 Å². The minimum atomic E-state index is -3.82. The maximum atomic E-state index is 12.9. The number of esters is 1. The predicted octanol–water partition coefficient (Wildman–Crippen LogP) is 1.91. The summed E-state index contributed by atoms with van der Waals surface area (Å²) in [6, 6.07) is 14.6. The lowest BCUT2D eigenvalue weighted by molar-refractivity contribution is 0.0130. The zero-order valence-electron chi connectivity index (χ0n) is 20.4. The zero-order valence-corrected chi connectivity index (χ0v) is 21.2. The number of carbonyl (C=O) groups excluding carboxylic acids is 1. The van der Waals surface area contributed by atoms with Gasteiger partial charge >= 0.3 is 5.97 Å². The Hall–Kier alpha value is -3.84. The van der Waals surface area contributed by atoms with Gasteiger partial charge in [0.1, 0.15) is 55.0 Å². The average Bonchev–Trinajstić information content (AvgIpc) is 2.89. The van der Waals surface area contributed by atoms with Gasteiger partial charge in [-0.2, -0.15) is 0 Å². The molecule has 38 heavy (non-hydrogen) atoms. The first-order chi connectivity index (χ1) is 18.1. The SMILES string of the molecule is COCC(O)COc1ccc(S(=O)(=O)c2ccc(OCC(O)COC(=O)c3cc(O)cc(O)c3)cc2)cc1. The third kappa shape index (κ3) is 8.08. The molecule has 0 radical (unpaired) electrons. The van der Waals surface area contributed by atoms with Crippen molar-refractivity contribution in [3.63, 3.8) is 0 Å². The van der Waals surface area contributed by atoms with E-state index in [-0.39, 0.29) is 52.4 Å². The number of ether oxygens (including phenoxy) is 4. The molecule has 0 heterocycles. The van der Waals surface area contributed by atoms with E-state index in [0.29, 0.717) is 5.75 Å². The quantitative estimate of drug-likeness (QED) is 0.230. The van der Waals surface area contributed by atoms with Crippen molar-refractivity contribution < 1.29 is 52.6 Å². The van der Waals surface area contributed by atoms with E-state index in [1.807, 2.05) is 0 Å². The van der Waals surface area contributed by atoms with Crippen molar-refractivity contribution in [1.82, 2.24) is 0 Å². The number of aromatic hydroxyl groups is 2. The van der Waals surface area contributed by atoms with E-state index in [9.17, 15) is 33.6 Å². The molecule has 3 aromatic rings. The summed E-state index contributed by atoms with van der Waals surface area (Å²) in [4.78, 5) is 12.1. The number of carbonyl (C=O) groups is 1. The second kappa shape index (κ2) is 13.1. The largest absolute Gasteiger partial charge is 0.508 e. The lowest BCUT2D eigenvalue weighted by atomic mass is 10.2. The first-order valence-electron chi connectivity index (χ1n) is 11.3. The Balaban J connectivity index is 1.51. The van der Waals surface area contributed by atoms with E-state index in [0.717, 1.165) is 18.2 Å². The molecule has 0 amide bonds. The van der Waals surface area contributed by atoms with Crippen molar-refractivity contribution >= 4 is 15.8 Å². The average molecular weight is 549 g/mol. The second-order valence-corrected chi connectivity index (χ2v) is 10.1. The summed E-state index contributed by atoms with van der Waals surface area (Å²) >= 11 is 0. The number of hydrogen-bond donors (Lipinski definition) is 4. The van der Waals surface area contributed by atoms with Gasteiger partial charge in [0, 0.05) is 13.2 Å². The summed E-state index contributed by atoms with van der Waals surface area (Å²) in [7, 11) is -2.36. The fourth-order valence-corrected chi connectivity index (χ4v) is 4.47. The summed E-state index contributed by atoms with van der Waals surface area (Å²) in [6.07, 6.45) is -2.00. The van der Waals surface area contributed by atoms with E-state index in [4.69, 9.17) is 18.9 Å².